The van der Waals surface area contributed by atoms with E-state index >= 15 is 0 Å². The van der Waals surface area contributed by atoms with Gasteiger partial charge in [-0.05, 0) is 6.42 Å². The zero-order chi connectivity index (χ0) is 9.28. The van der Waals surface area contributed by atoms with Gasteiger partial charge in [0, 0.05) is 0 Å². The second-order valence-corrected chi connectivity index (χ2v) is 5.23. The number of hydrogen-bond acceptors (Lipinski definition) is 6. The van der Waals surface area contributed by atoms with Gasteiger partial charge in [0.05, 0.1) is 0 Å². The molecule has 0 fully saturated rings. The van der Waals surface area contributed by atoms with Crippen LogP contribution in [0.25, 0.3) is 0 Å². The summed E-state index contributed by atoms with van der Waals surface area (Å²) in [6.07, 6.45) is -0.516. The fraction of sp³-hybridized carbons (Fsp3) is 1.00. The van der Waals surface area contributed by atoms with E-state index in [2.05, 4.69) is 0 Å². The Morgan fingerprint density at radius 2 is 1.33 bits per heavy atom. The third-order valence-corrected chi connectivity index (χ3v) is 4.35. The molecule has 0 radical (unpaired) electrons. The molecule has 0 aromatic rings. The Labute approximate surface area is 87.0 Å². The second-order valence-electron chi connectivity index (χ2n) is 1.82. The molecule has 9 heteroatoms. The molecule has 0 atom stereocenters. The van der Waals surface area contributed by atoms with Crippen molar-refractivity contribution in [2.75, 3.05) is 0 Å². The molecule has 0 aromatic heterocycles. The van der Waals surface area contributed by atoms with E-state index in [0.717, 1.165) is 6.92 Å². The Kier molecular flexibility index (Phi) is 5.93. The molecule has 0 aliphatic heterocycles. The van der Waals surface area contributed by atoms with Crippen molar-refractivity contribution in [1.82, 2.24) is 0 Å². The number of hydrogen-bond donors (Lipinski definition) is 0. The SMILES string of the molecule is CCC(S(=O)(=O)[O-])S(=O)(=O)[O-].[Mg+2]. The van der Waals surface area contributed by atoms with Crippen LogP contribution in [0.15, 0.2) is 0 Å². The van der Waals surface area contributed by atoms with Crippen molar-refractivity contribution >= 4 is 43.3 Å². The number of rotatable bonds is 3. The van der Waals surface area contributed by atoms with Gasteiger partial charge in [0.1, 0.15) is 24.8 Å². The summed E-state index contributed by atoms with van der Waals surface area (Å²) in [5.41, 5.74) is 0. The minimum atomic E-state index is -5.02. The molecule has 0 aliphatic rings. The molecule has 0 aromatic carbocycles. The van der Waals surface area contributed by atoms with Crippen LogP contribution in [0.2, 0.25) is 0 Å². The Morgan fingerprint density at radius 1 is 1.08 bits per heavy atom. The van der Waals surface area contributed by atoms with E-state index in [4.69, 9.17) is 0 Å². The first-order valence-corrected chi connectivity index (χ1v) is 5.53. The first-order chi connectivity index (χ1) is 4.69. The van der Waals surface area contributed by atoms with Crippen molar-refractivity contribution < 1.29 is 25.9 Å². The monoisotopic (exact) mass is 226 g/mol. The smallest absolute Gasteiger partial charge is 0.747 e. The summed E-state index contributed by atoms with van der Waals surface area (Å²) in [6.45, 7) is 1.13. The molecule has 0 amide bonds. The Hall–Kier alpha value is 0.586. The van der Waals surface area contributed by atoms with Crippen LogP contribution in [0.1, 0.15) is 13.3 Å². The van der Waals surface area contributed by atoms with Crippen LogP contribution < -0.4 is 0 Å². The molecule has 0 aliphatic carbocycles. The predicted molar refractivity (Wildman–Crippen MR) is 39.2 cm³/mol. The van der Waals surface area contributed by atoms with Gasteiger partial charge in [-0.1, -0.05) is 6.92 Å². The summed E-state index contributed by atoms with van der Waals surface area (Å²) in [6, 6.07) is 0. The standard InChI is InChI=1S/C3H8O6S2.Mg/c1-2-3(10(4,5)6)11(7,8)9;/h3H,2H2,1H3,(H,4,5,6)(H,7,8,9);/q;+2/p-2. The van der Waals surface area contributed by atoms with Gasteiger partial charge in [0.15, 0.2) is 0 Å². The fourth-order valence-corrected chi connectivity index (χ4v) is 2.52. The van der Waals surface area contributed by atoms with Crippen LogP contribution in [0.3, 0.4) is 0 Å². The molecule has 0 saturated heterocycles. The van der Waals surface area contributed by atoms with E-state index in [-0.39, 0.29) is 23.1 Å². The quantitative estimate of drug-likeness (QED) is 0.424. The zero-order valence-electron chi connectivity index (χ0n) is 6.26. The minimum absolute atomic E-state index is 0. The molecular weight excluding hydrogens is 220 g/mol. The third-order valence-electron chi connectivity index (χ3n) is 0.977. The molecule has 0 unspecified atom stereocenters. The topological polar surface area (TPSA) is 114 Å². The summed E-state index contributed by atoms with van der Waals surface area (Å²) < 4.78 is 58.1. The van der Waals surface area contributed by atoms with E-state index in [1.807, 2.05) is 0 Å². The van der Waals surface area contributed by atoms with Gasteiger partial charge in [0.2, 0.25) is 0 Å². The molecule has 0 saturated carbocycles. The van der Waals surface area contributed by atoms with E-state index in [1.165, 1.54) is 0 Å². The van der Waals surface area contributed by atoms with Crippen molar-refractivity contribution in [2.24, 2.45) is 0 Å². The largest absolute Gasteiger partial charge is 2.00 e. The third kappa shape index (κ3) is 4.57. The van der Waals surface area contributed by atoms with Crippen molar-refractivity contribution in [2.45, 2.75) is 17.9 Å². The molecule has 0 spiro atoms. The van der Waals surface area contributed by atoms with Gasteiger partial charge in [-0.3, -0.25) is 0 Å². The Balaban J connectivity index is 0. The predicted octanol–water partition coefficient (Wildman–Crippen LogP) is -1.57. The first kappa shape index (κ1) is 15.1. The summed E-state index contributed by atoms with van der Waals surface area (Å²) in [4.78, 5) is 0. The molecule has 6 nitrogen and oxygen atoms in total. The fourth-order valence-electron chi connectivity index (χ4n) is 0.553. The second kappa shape index (κ2) is 4.72. The molecule has 0 rings (SSSR count). The molecule has 0 N–H and O–H groups in total. The van der Waals surface area contributed by atoms with Crippen molar-refractivity contribution in [1.29, 1.82) is 0 Å². The molecule has 68 valence electrons. The molecule has 0 heterocycles. The van der Waals surface area contributed by atoms with E-state index in [0.29, 0.717) is 0 Å². The average Bonchev–Trinajstić information content (AvgIpc) is 1.56. The van der Waals surface area contributed by atoms with Crippen molar-refractivity contribution in [3.8, 4) is 0 Å². The Bertz CT molecular complexity index is 283. The van der Waals surface area contributed by atoms with E-state index in [1.54, 1.807) is 0 Å². The van der Waals surface area contributed by atoms with Gasteiger partial charge in [-0.2, -0.15) is 0 Å². The van der Waals surface area contributed by atoms with Crippen LogP contribution in [0, 0.1) is 0 Å². The molecule has 12 heavy (non-hydrogen) atoms. The molecular formula is C3H6MgO6S2. The van der Waals surface area contributed by atoms with Gasteiger partial charge in [0.25, 0.3) is 0 Å². The van der Waals surface area contributed by atoms with Gasteiger partial charge in [-0.15, -0.1) is 0 Å². The normalized spacial score (nSPS) is 12.7. The maximum atomic E-state index is 10.1. The van der Waals surface area contributed by atoms with Crippen LogP contribution in [-0.2, 0) is 20.2 Å². The van der Waals surface area contributed by atoms with Crippen LogP contribution in [0.5, 0.6) is 0 Å². The van der Waals surface area contributed by atoms with Crippen LogP contribution >= 0.6 is 0 Å². The molecule has 0 bridgehead atoms. The van der Waals surface area contributed by atoms with Crippen molar-refractivity contribution in [3.05, 3.63) is 0 Å². The maximum Gasteiger partial charge on any atom is 2.00 e. The maximum absolute atomic E-state index is 10.1. The summed E-state index contributed by atoms with van der Waals surface area (Å²) >= 11 is 0. The first-order valence-electron chi connectivity index (χ1n) is 2.59. The van der Waals surface area contributed by atoms with Crippen LogP contribution in [0.4, 0.5) is 0 Å². The summed E-state index contributed by atoms with van der Waals surface area (Å²) in [5, 5.41) is 0. The zero-order valence-corrected chi connectivity index (χ0v) is 9.30. The van der Waals surface area contributed by atoms with Gasteiger partial charge < -0.3 is 9.11 Å². The van der Waals surface area contributed by atoms with Crippen LogP contribution in [-0.4, -0.2) is 53.6 Å². The van der Waals surface area contributed by atoms with E-state index in [9.17, 15) is 25.9 Å². The minimum Gasteiger partial charge on any atom is -0.747 e. The summed E-state index contributed by atoms with van der Waals surface area (Å²) in [7, 11) is -10.0. The van der Waals surface area contributed by atoms with Gasteiger partial charge in [-0.25, -0.2) is 16.8 Å². The van der Waals surface area contributed by atoms with E-state index < -0.39 is 31.2 Å². The summed E-state index contributed by atoms with van der Waals surface area (Å²) in [5.74, 6) is 0. The van der Waals surface area contributed by atoms with Crippen molar-refractivity contribution in [3.63, 3.8) is 0 Å². The average molecular weight is 227 g/mol. The Morgan fingerprint density at radius 3 is 1.33 bits per heavy atom. The van der Waals surface area contributed by atoms with Gasteiger partial charge >= 0.3 is 23.1 Å².